The van der Waals surface area contributed by atoms with Crippen molar-refractivity contribution in [3.8, 4) is 0 Å². The van der Waals surface area contributed by atoms with Crippen LogP contribution < -0.4 is 0 Å². The molecule has 0 aromatic heterocycles. The van der Waals surface area contributed by atoms with Crippen molar-refractivity contribution < 1.29 is 67.0 Å². The Labute approximate surface area is 324 Å². The summed E-state index contributed by atoms with van der Waals surface area (Å²) in [5, 5.41) is 13.8. The highest BCUT2D eigenvalue weighted by Gasteiger charge is 2.88. The van der Waals surface area contributed by atoms with Crippen molar-refractivity contribution in [1.29, 1.82) is 0 Å². The quantitative estimate of drug-likeness (QED) is 0.228. The fourth-order valence-corrected chi connectivity index (χ4v) is 10.8. The molecule has 300 valence electrons. The average molecular weight is 777 g/mol. The summed E-state index contributed by atoms with van der Waals surface area (Å²) in [4.78, 5) is 67.2. The molecule has 14 atom stereocenters. The summed E-state index contributed by atoms with van der Waals surface area (Å²) >= 11 is 0. The molecule has 2 aromatic carbocycles. The zero-order valence-corrected chi connectivity index (χ0v) is 32.6. The number of hydrogen-bond acceptors (Lipinski definition) is 14. The highest BCUT2D eigenvalue weighted by molar-refractivity contribution is 5.89. The molecule has 1 N–H and O–H groups in total. The highest BCUT2D eigenvalue weighted by atomic mass is 16.9. The molecule has 2 aromatic rings. The third-order valence-electron chi connectivity index (χ3n) is 12.5. The van der Waals surface area contributed by atoms with Crippen LogP contribution in [-0.2, 0) is 63.0 Å². The van der Waals surface area contributed by atoms with Crippen LogP contribution in [0.2, 0.25) is 0 Å². The predicted molar refractivity (Wildman–Crippen MR) is 193 cm³/mol. The molecule has 56 heavy (non-hydrogen) atoms. The van der Waals surface area contributed by atoms with Crippen LogP contribution in [0.3, 0.4) is 0 Å². The van der Waals surface area contributed by atoms with E-state index in [1.165, 1.54) is 32.9 Å². The van der Waals surface area contributed by atoms with E-state index in [-0.39, 0.29) is 12.0 Å². The van der Waals surface area contributed by atoms with E-state index in [0.29, 0.717) is 11.1 Å². The van der Waals surface area contributed by atoms with Gasteiger partial charge in [-0.1, -0.05) is 69.0 Å². The lowest BCUT2D eigenvalue weighted by Crippen LogP contribution is -2.87. The summed E-state index contributed by atoms with van der Waals surface area (Å²) in [6.07, 6.45) is -7.23. The summed E-state index contributed by atoms with van der Waals surface area (Å²) in [6.45, 7) is 15.6. The number of fused-ring (bicyclic) bond motifs is 1. The fourth-order valence-electron chi connectivity index (χ4n) is 10.8. The smallest absolute Gasteiger partial charge is 0.338 e. The fraction of sp³-hybridized carbons (Fsp3) is 0.548. The SMILES string of the molecule is C=C(C)[C@@]1(OC(C)=O)[C@@H]2OC3(c4ccccc4)O[C@H]1[C@@H](C)[C@@]1(O3)[C@H]2[C@H](OC(C)=O)[C@@](C)(OC(=O)c2ccccc2)[C@@H](OC(C)=O)[C@@]2(O)[C@H]1C[C@H](C)[C@@H]2OC(C)=O. The third kappa shape index (κ3) is 5.47. The first-order valence-electron chi connectivity index (χ1n) is 18.8. The monoisotopic (exact) mass is 776 g/mol. The molecule has 3 saturated carbocycles. The molecule has 6 aliphatic rings. The molecule has 0 radical (unpaired) electrons. The van der Waals surface area contributed by atoms with Crippen molar-refractivity contribution in [2.24, 2.45) is 23.7 Å². The van der Waals surface area contributed by atoms with Crippen LogP contribution in [0.25, 0.3) is 0 Å². The maximum atomic E-state index is 14.3. The maximum Gasteiger partial charge on any atom is 0.338 e. The van der Waals surface area contributed by atoms with Crippen LogP contribution in [0.5, 0.6) is 0 Å². The number of aliphatic hydroxyl groups is 1. The summed E-state index contributed by atoms with van der Waals surface area (Å²) in [6, 6.07) is 16.7. The van der Waals surface area contributed by atoms with Crippen LogP contribution in [0, 0.1) is 23.7 Å². The van der Waals surface area contributed by atoms with Gasteiger partial charge in [0.25, 0.3) is 0 Å². The molecule has 3 saturated heterocycles. The second kappa shape index (κ2) is 13.5. The molecule has 3 heterocycles. The van der Waals surface area contributed by atoms with Crippen molar-refractivity contribution >= 4 is 29.8 Å². The van der Waals surface area contributed by atoms with Crippen LogP contribution in [-0.4, -0.2) is 87.9 Å². The minimum atomic E-state index is -2.40. The van der Waals surface area contributed by atoms with Gasteiger partial charge in [-0.25, -0.2) is 4.79 Å². The van der Waals surface area contributed by atoms with Gasteiger partial charge in [0.05, 0.1) is 17.1 Å². The second-order valence-electron chi connectivity index (χ2n) is 16.1. The molecule has 0 amide bonds. The van der Waals surface area contributed by atoms with Gasteiger partial charge in [-0.2, -0.15) is 0 Å². The van der Waals surface area contributed by atoms with Crippen molar-refractivity contribution in [2.45, 2.75) is 121 Å². The molecule has 4 bridgehead atoms. The van der Waals surface area contributed by atoms with E-state index in [1.807, 2.05) is 0 Å². The minimum Gasteiger partial charge on any atom is -0.459 e. The van der Waals surface area contributed by atoms with E-state index in [1.54, 1.807) is 69.3 Å². The molecule has 14 nitrogen and oxygen atoms in total. The first kappa shape index (κ1) is 39.6. The lowest BCUT2D eigenvalue weighted by atomic mass is 9.51. The number of ether oxygens (including phenoxy) is 8. The Hall–Kier alpha value is -4.63. The van der Waals surface area contributed by atoms with Gasteiger partial charge in [0, 0.05) is 45.1 Å². The number of carbonyl (C=O) groups excluding carboxylic acids is 5. The van der Waals surface area contributed by atoms with Gasteiger partial charge in [-0.05, 0) is 43.9 Å². The van der Waals surface area contributed by atoms with Crippen molar-refractivity contribution in [1.82, 2.24) is 0 Å². The molecule has 14 heteroatoms. The Kier molecular flexibility index (Phi) is 9.54. The first-order chi connectivity index (χ1) is 26.3. The predicted octanol–water partition coefficient (Wildman–Crippen LogP) is 4.31. The average Bonchev–Trinajstić information content (AvgIpc) is 3.36. The van der Waals surface area contributed by atoms with Gasteiger partial charge in [-0.15, -0.1) is 0 Å². The standard InChI is InChI=1S/C42H48O14/c1-21(2)40(52-27(8)46)33-23(4)41-30-20-22(3)32(49-24(5)43)39(30,48)37(51-26(7)45)38(9,55-36(47)28-16-12-10-13-17-28)34(50-25(6)44)31(41)35(40)54-42(53-33,56-41)29-18-14-11-15-19-29/h10-19,22-23,30-35,37,48H,1,20H2,2-9H3/t22-,23+,30+,31-,32-,33-,34-,35+,37+,38+,39+,40-,41-,42?/m0/s1. The van der Waals surface area contributed by atoms with Gasteiger partial charge >= 0.3 is 35.8 Å². The second-order valence-corrected chi connectivity index (χ2v) is 16.1. The van der Waals surface area contributed by atoms with E-state index in [9.17, 15) is 29.1 Å². The van der Waals surface area contributed by atoms with Gasteiger partial charge in [0.2, 0.25) is 0 Å². The van der Waals surface area contributed by atoms with E-state index in [4.69, 9.17) is 37.9 Å². The van der Waals surface area contributed by atoms with Gasteiger partial charge in [0.15, 0.2) is 23.4 Å². The Morgan fingerprint density at radius 1 is 0.750 bits per heavy atom. The molecular formula is C42H48O14. The Morgan fingerprint density at radius 2 is 1.30 bits per heavy atom. The summed E-state index contributed by atoms with van der Waals surface area (Å²) < 4.78 is 52.3. The lowest BCUT2D eigenvalue weighted by molar-refractivity contribution is -0.585. The summed E-state index contributed by atoms with van der Waals surface area (Å²) in [5.74, 6) is -9.97. The zero-order valence-electron chi connectivity index (χ0n) is 32.6. The Bertz CT molecular complexity index is 1950. The van der Waals surface area contributed by atoms with Crippen molar-refractivity contribution in [3.63, 3.8) is 0 Å². The van der Waals surface area contributed by atoms with Crippen LogP contribution in [0.4, 0.5) is 0 Å². The van der Waals surface area contributed by atoms with Crippen molar-refractivity contribution in [3.05, 3.63) is 83.9 Å². The van der Waals surface area contributed by atoms with Crippen LogP contribution in [0.1, 0.15) is 77.7 Å². The van der Waals surface area contributed by atoms with E-state index >= 15 is 0 Å². The lowest BCUT2D eigenvalue weighted by Gasteiger charge is -2.73. The van der Waals surface area contributed by atoms with Gasteiger partial charge in [0.1, 0.15) is 23.9 Å². The Balaban J connectivity index is 1.61. The number of esters is 5. The number of hydrogen-bond donors (Lipinski definition) is 1. The topological polar surface area (TPSA) is 179 Å². The largest absolute Gasteiger partial charge is 0.459 e. The summed E-state index contributed by atoms with van der Waals surface area (Å²) in [5.41, 5.74) is -7.35. The van der Waals surface area contributed by atoms with Crippen LogP contribution in [0.15, 0.2) is 72.8 Å². The molecule has 6 fully saturated rings. The zero-order chi connectivity index (χ0) is 40.7. The van der Waals surface area contributed by atoms with E-state index in [2.05, 4.69) is 6.58 Å². The summed E-state index contributed by atoms with van der Waals surface area (Å²) in [7, 11) is 0. The molecular weight excluding hydrogens is 728 g/mol. The number of benzene rings is 2. The van der Waals surface area contributed by atoms with Gasteiger partial charge < -0.3 is 43.0 Å². The van der Waals surface area contributed by atoms with E-state index in [0.717, 1.165) is 13.8 Å². The molecule has 8 rings (SSSR count). The normalized spacial score (nSPS) is 41.6. The number of rotatable bonds is 8. The number of carbonyl (C=O) groups is 5. The maximum absolute atomic E-state index is 14.3. The highest BCUT2D eigenvalue weighted by Crippen LogP contribution is 2.72. The molecule has 3 aliphatic carbocycles. The van der Waals surface area contributed by atoms with E-state index < -0.39 is 112 Å². The van der Waals surface area contributed by atoms with Crippen molar-refractivity contribution in [2.75, 3.05) is 0 Å². The van der Waals surface area contributed by atoms with Gasteiger partial charge in [-0.3, -0.25) is 19.2 Å². The molecule has 1 spiro atoms. The molecule has 3 aliphatic heterocycles. The minimum absolute atomic E-state index is 0.0919. The Morgan fingerprint density at radius 3 is 1.86 bits per heavy atom. The van der Waals surface area contributed by atoms with Crippen LogP contribution >= 0.6 is 0 Å². The first-order valence-corrected chi connectivity index (χ1v) is 18.8. The third-order valence-corrected chi connectivity index (χ3v) is 12.5. The molecule has 1 unspecified atom stereocenters.